The molecule has 2 aromatic rings. The normalized spacial score (nSPS) is 11.5. The van der Waals surface area contributed by atoms with E-state index in [-0.39, 0.29) is 22.2 Å². The third kappa shape index (κ3) is 3.19. The van der Waals surface area contributed by atoms with E-state index in [4.69, 9.17) is 0 Å². The van der Waals surface area contributed by atoms with Crippen LogP contribution < -0.4 is 10.6 Å². The van der Waals surface area contributed by atoms with Crippen LogP contribution in [0.5, 0.6) is 0 Å². The van der Waals surface area contributed by atoms with Crippen molar-refractivity contribution in [3.63, 3.8) is 0 Å². The second-order valence-electron chi connectivity index (χ2n) is 4.46. The number of alkyl halides is 3. The number of aryl methyl sites for hydroxylation is 1. The van der Waals surface area contributed by atoms with Crippen molar-refractivity contribution in [1.82, 2.24) is 15.6 Å². The van der Waals surface area contributed by atoms with Gasteiger partial charge in [0.25, 0.3) is 5.91 Å². The summed E-state index contributed by atoms with van der Waals surface area (Å²) in [7, 11) is 1.43. The van der Waals surface area contributed by atoms with Crippen molar-refractivity contribution in [3.05, 3.63) is 28.3 Å². The number of carbonyl (C=O) groups excluding carboxylic acids is 2. The van der Waals surface area contributed by atoms with E-state index in [1.54, 1.807) is 6.92 Å². The number of hydrogen-bond acceptors (Lipinski definition) is 4. The molecule has 0 saturated heterocycles. The van der Waals surface area contributed by atoms with Crippen molar-refractivity contribution < 1.29 is 22.8 Å². The molecular formula is C13H12F3N3O2S. The van der Waals surface area contributed by atoms with Gasteiger partial charge in [-0.1, -0.05) is 0 Å². The Morgan fingerprint density at radius 3 is 2.59 bits per heavy atom. The molecule has 0 unspecified atom stereocenters. The number of aromatic nitrogens is 1. The highest BCUT2D eigenvalue weighted by Gasteiger charge is 2.33. The van der Waals surface area contributed by atoms with Crippen LogP contribution in [0.15, 0.2) is 12.1 Å². The van der Waals surface area contributed by atoms with Crippen LogP contribution in [0.1, 0.15) is 20.9 Å². The Morgan fingerprint density at radius 2 is 2.00 bits per heavy atom. The predicted molar refractivity (Wildman–Crippen MR) is 75.8 cm³/mol. The molecule has 0 atom stereocenters. The second kappa shape index (κ2) is 5.91. The maximum Gasteiger partial charge on any atom is 0.433 e. The maximum atomic E-state index is 12.6. The number of halogens is 3. The van der Waals surface area contributed by atoms with Crippen molar-refractivity contribution in [3.8, 4) is 0 Å². The average Bonchev–Trinajstić information content (AvgIpc) is 2.80. The Hall–Kier alpha value is -2.16. The average molecular weight is 331 g/mol. The molecule has 2 amide bonds. The number of nitrogens with one attached hydrogen (secondary N) is 2. The van der Waals surface area contributed by atoms with Gasteiger partial charge in [-0.15, -0.1) is 11.3 Å². The molecule has 22 heavy (non-hydrogen) atoms. The van der Waals surface area contributed by atoms with Gasteiger partial charge in [-0.25, -0.2) is 4.98 Å². The zero-order valence-electron chi connectivity index (χ0n) is 11.7. The van der Waals surface area contributed by atoms with Crippen LogP contribution in [0, 0.1) is 6.92 Å². The van der Waals surface area contributed by atoms with Crippen LogP contribution in [-0.2, 0) is 11.0 Å². The van der Waals surface area contributed by atoms with E-state index in [1.165, 1.54) is 13.1 Å². The molecule has 0 bridgehead atoms. The molecule has 118 valence electrons. The third-order valence-electron chi connectivity index (χ3n) is 2.99. The fourth-order valence-corrected chi connectivity index (χ4v) is 2.90. The standard InChI is InChI=1S/C13H12F3N3O2S/c1-6-7-3-4-8(13(14,15)16)19-12(7)22-10(6)11(21)18-5-9(20)17-2/h3-4H,5H2,1-2H3,(H,17,20)(H,18,21). The fourth-order valence-electron chi connectivity index (χ4n) is 1.80. The number of fused-ring (bicyclic) bond motifs is 1. The van der Waals surface area contributed by atoms with Crippen molar-refractivity contribution in [2.45, 2.75) is 13.1 Å². The Labute approximate surface area is 127 Å². The first-order valence-electron chi connectivity index (χ1n) is 6.20. The van der Waals surface area contributed by atoms with E-state index in [0.717, 1.165) is 17.4 Å². The van der Waals surface area contributed by atoms with Crippen LogP contribution >= 0.6 is 11.3 Å². The lowest BCUT2D eigenvalue weighted by molar-refractivity contribution is -0.140. The van der Waals surface area contributed by atoms with Gasteiger partial charge in [0.05, 0.1) is 11.4 Å². The van der Waals surface area contributed by atoms with Crippen molar-refractivity contribution >= 4 is 33.4 Å². The predicted octanol–water partition coefficient (Wildman–Crippen LogP) is 2.10. The lowest BCUT2D eigenvalue weighted by Crippen LogP contribution is -2.35. The number of pyridine rings is 1. The zero-order valence-corrected chi connectivity index (χ0v) is 12.5. The molecule has 0 saturated carbocycles. The van der Waals surface area contributed by atoms with Gasteiger partial charge in [-0.05, 0) is 24.6 Å². The first-order chi connectivity index (χ1) is 10.2. The molecule has 2 heterocycles. The summed E-state index contributed by atoms with van der Waals surface area (Å²) >= 11 is 0.867. The van der Waals surface area contributed by atoms with E-state index in [2.05, 4.69) is 15.6 Å². The molecule has 2 rings (SSSR count). The Balaban J connectivity index is 2.34. The van der Waals surface area contributed by atoms with Gasteiger partial charge >= 0.3 is 6.18 Å². The van der Waals surface area contributed by atoms with E-state index in [0.29, 0.717) is 10.9 Å². The van der Waals surface area contributed by atoms with E-state index >= 15 is 0 Å². The summed E-state index contributed by atoms with van der Waals surface area (Å²) < 4.78 is 37.9. The van der Waals surface area contributed by atoms with Gasteiger partial charge in [-0.3, -0.25) is 9.59 Å². The van der Waals surface area contributed by atoms with Gasteiger partial charge in [-0.2, -0.15) is 13.2 Å². The quantitative estimate of drug-likeness (QED) is 0.905. The van der Waals surface area contributed by atoms with Gasteiger partial charge in [0.1, 0.15) is 10.5 Å². The molecule has 2 N–H and O–H groups in total. The molecule has 0 aliphatic heterocycles. The highest BCUT2D eigenvalue weighted by molar-refractivity contribution is 7.20. The molecule has 0 aromatic carbocycles. The molecule has 0 radical (unpaired) electrons. The minimum atomic E-state index is -4.53. The number of nitrogens with zero attached hydrogens (tertiary/aromatic N) is 1. The van der Waals surface area contributed by atoms with Crippen LogP contribution in [0.2, 0.25) is 0 Å². The summed E-state index contributed by atoms with van der Waals surface area (Å²) in [5.41, 5.74) is -0.464. The van der Waals surface area contributed by atoms with Crippen molar-refractivity contribution in [2.75, 3.05) is 13.6 Å². The van der Waals surface area contributed by atoms with Gasteiger partial charge in [0, 0.05) is 12.4 Å². The number of amides is 2. The Morgan fingerprint density at radius 1 is 1.32 bits per heavy atom. The van der Waals surface area contributed by atoms with Crippen LogP contribution in [0.4, 0.5) is 13.2 Å². The molecule has 2 aromatic heterocycles. The SMILES string of the molecule is CNC(=O)CNC(=O)c1sc2nc(C(F)(F)F)ccc2c1C. The van der Waals surface area contributed by atoms with E-state index < -0.39 is 17.8 Å². The summed E-state index contributed by atoms with van der Waals surface area (Å²) in [6.45, 7) is 1.42. The topological polar surface area (TPSA) is 71.1 Å². The minimum Gasteiger partial charge on any atom is -0.358 e. The number of rotatable bonds is 3. The van der Waals surface area contributed by atoms with E-state index in [9.17, 15) is 22.8 Å². The Bertz CT molecular complexity index is 740. The van der Waals surface area contributed by atoms with Crippen molar-refractivity contribution in [2.24, 2.45) is 0 Å². The smallest absolute Gasteiger partial charge is 0.358 e. The summed E-state index contributed by atoms with van der Waals surface area (Å²) in [5, 5.41) is 5.24. The molecule has 9 heteroatoms. The molecule has 0 fully saturated rings. The van der Waals surface area contributed by atoms with Crippen molar-refractivity contribution in [1.29, 1.82) is 0 Å². The summed E-state index contributed by atoms with van der Waals surface area (Å²) in [6.07, 6.45) is -4.53. The molecular weight excluding hydrogens is 319 g/mol. The first kappa shape index (κ1) is 16.2. The molecule has 0 aliphatic rings. The summed E-state index contributed by atoms with van der Waals surface area (Å²) in [5.74, 6) is -0.887. The van der Waals surface area contributed by atoms with Crippen LogP contribution in [0.3, 0.4) is 0 Å². The first-order valence-corrected chi connectivity index (χ1v) is 7.01. The zero-order chi connectivity index (χ0) is 16.5. The largest absolute Gasteiger partial charge is 0.433 e. The Kier molecular flexibility index (Phi) is 4.36. The van der Waals surface area contributed by atoms with E-state index in [1.807, 2.05) is 0 Å². The monoisotopic (exact) mass is 331 g/mol. The summed E-state index contributed by atoms with van der Waals surface area (Å²) in [6, 6.07) is 2.18. The minimum absolute atomic E-state index is 0.136. The lowest BCUT2D eigenvalue weighted by atomic mass is 10.2. The highest BCUT2D eigenvalue weighted by atomic mass is 32.1. The lowest BCUT2D eigenvalue weighted by Gasteiger charge is -2.04. The molecule has 0 aliphatic carbocycles. The maximum absolute atomic E-state index is 12.6. The van der Waals surface area contributed by atoms with Crippen LogP contribution in [0.25, 0.3) is 10.2 Å². The second-order valence-corrected chi connectivity index (χ2v) is 5.46. The van der Waals surface area contributed by atoms with Gasteiger partial charge in [0.15, 0.2) is 0 Å². The van der Waals surface area contributed by atoms with Gasteiger partial charge < -0.3 is 10.6 Å². The number of thiophene rings is 1. The van der Waals surface area contributed by atoms with Gasteiger partial charge in [0.2, 0.25) is 5.91 Å². The highest BCUT2D eigenvalue weighted by Crippen LogP contribution is 2.34. The van der Waals surface area contributed by atoms with Crippen LogP contribution in [-0.4, -0.2) is 30.4 Å². The fraction of sp³-hybridized carbons (Fsp3) is 0.308. The number of hydrogen-bond donors (Lipinski definition) is 2. The molecule has 5 nitrogen and oxygen atoms in total. The summed E-state index contributed by atoms with van der Waals surface area (Å²) in [4.78, 5) is 27.0. The number of carbonyl (C=O) groups is 2. The molecule has 0 spiro atoms. The third-order valence-corrected chi connectivity index (χ3v) is 4.19. The number of likely N-dealkylation sites (N-methyl/N-ethyl adjacent to an activating group) is 1.